The number of benzene rings is 2. The number of pyridine rings is 1. The summed E-state index contributed by atoms with van der Waals surface area (Å²) < 4.78 is 13.1. The molecule has 2 amide bonds. The van der Waals surface area contributed by atoms with Gasteiger partial charge in [-0.1, -0.05) is 36.4 Å². The van der Waals surface area contributed by atoms with Gasteiger partial charge >= 0.3 is 6.09 Å². The normalized spacial score (nSPS) is 14.6. The lowest BCUT2D eigenvalue weighted by molar-refractivity contribution is 0.0477. The van der Waals surface area contributed by atoms with Crippen molar-refractivity contribution in [3.8, 4) is 5.75 Å². The quantitative estimate of drug-likeness (QED) is 0.206. The second kappa shape index (κ2) is 12.9. The van der Waals surface area contributed by atoms with E-state index in [0.717, 1.165) is 48.0 Å². The molecule has 11 nitrogen and oxygen atoms in total. The van der Waals surface area contributed by atoms with Crippen LogP contribution in [0.15, 0.2) is 79.4 Å². The number of piperidine rings is 1. The summed E-state index contributed by atoms with van der Waals surface area (Å²) in [6.07, 6.45) is 7.69. The van der Waals surface area contributed by atoms with Gasteiger partial charge in [-0.05, 0) is 76.4 Å². The van der Waals surface area contributed by atoms with Crippen LogP contribution in [0, 0.1) is 5.92 Å². The number of hydrogen-bond acceptors (Lipinski definition) is 8. The lowest BCUT2D eigenvalue weighted by Gasteiger charge is -2.33. The second-order valence-electron chi connectivity index (χ2n) is 12.2. The number of nitrogens with one attached hydrogen (secondary N) is 3. The molecule has 2 aromatic carbocycles. The maximum absolute atomic E-state index is 13.8. The van der Waals surface area contributed by atoms with Crippen LogP contribution in [0.5, 0.6) is 5.75 Å². The van der Waals surface area contributed by atoms with Gasteiger partial charge in [0.15, 0.2) is 11.4 Å². The minimum atomic E-state index is -0.659. The van der Waals surface area contributed by atoms with E-state index in [2.05, 4.69) is 31.0 Å². The van der Waals surface area contributed by atoms with Crippen LogP contribution in [-0.2, 0) is 11.3 Å². The number of carbonyl (C=O) groups is 2. The molecule has 0 bridgehead atoms. The van der Waals surface area contributed by atoms with E-state index in [4.69, 9.17) is 9.47 Å². The molecule has 45 heavy (non-hydrogen) atoms. The Labute approximate surface area is 261 Å². The van der Waals surface area contributed by atoms with E-state index >= 15 is 0 Å². The third kappa shape index (κ3) is 7.21. The number of fused-ring (bicyclic) bond motifs is 2. The fourth-order valence-corrected chi connectivity index (χ4v) is 5.59. The number of ether oxygens (including phenoxy) is 2. The first-order chi connectivity index (χ1) is 21.7. The van der Waals surface area contributed by atoms with Crippen molar-refractivity contribution in [3.63, 3.8) is 0 Å². The van der Waals surface area contributed by atoms with Crippen LogP contribution in [0.2, 0.25) is 0 Å². The molecular weight excluding hydrogens is 570 g/mol. The number of nitrogens with zero attached hydrogens (tertiary/aromatic N) is 4. The zero-order valence-electron chi connectivity index (χ0n) is 25.6. The molecule has 0 aliphatic carbocycles. The van der Waals surface area contributed by atoms with Crippen LogP contribution in [0.4, 0.5) is 10.5 Å². The Hall–Kier alpha value is -5.03. The van der Waals surface area contributed by atoms with Gasteiger partial charge in [0.1, 0.15) is 17.8 Å². The molecule has 11 heteroatoms. The Bertz CT molecular complexity index is 1810. The first kappa shape index (κ1) is 30.0. The Morgan fingerprint density at radius 1 is 1.04 bits per heavy atom. The fourth-order valence-electron chi connectivity index (χ4n) is 5.59. The zero-order chi connectivity index (χ0) is 31.4. The van der Waals surface area contributed by atoms with Crippen molar-refractivity contribution in [3.05, 3.63) is 96.1 Å². The molecule has 0 radical (unpaired) electrons. The van der Waals surface area contributed by atoms with E-state index in [-0.39, 0.29) is 11.8 Å². The SMILES string of the molecule is CC(C)(C)OC(=O)NC(c1cc2ncccc2cc1NC(=O)c1cnn2cc(OCc3ccccc3)cnc12)C1CCNCC1. The molecule has 1 fully saturated rings. The molecule has 0 spiro atoms. The van der Waals surface area contributed by atoms with Crippen molar-refractivity contribution in [2.75, 3.05) is 18.4 Å². The average Bonchev–Trinajstić information content (AvgIpc) is 3.46. The molecule has 3 N–H and O–H groups in total. The summed E-state index contributed by atoms with van der Waals surface area (Å²) in [5.74, 6) is 0.272. The average molecular weight is 608 g/mol. The molecule has 1 unspecified atom stereocenters. The molecule has 4 heterocycles. The van der Waals surface area contributed by atoms with Gasteiger partial charge in [0.05, 0.1) is 30.1 Å². The Morgan fingerprint density at radius 3 is 2.62 bits per heavy atom. The number of carbonyl (C=O) groups excluding carboxylic acids is 2. The monoisotopic (exact) mass is 607 g/mol. The predicted octanol–water partition coefficient (Wildman–Crippen LogP) is 5.67. The molecule has 1 aliphatic heterocycles. The van der Waals surface area contributed by atoms with Crippen LogP contribution < -0.4 is 20.7 Å². The predicted molar refractivity (Wildman–Crippen MR) is 171 cm³/mol. The Balaban J connectivity index is 1.30. The molecule has 0 saturated carbocycles. The molecule has 5 aromatic rings. The molecular formula is C34H37N7O4. The molecule has 1 aliphatic rings. The van der Waals surface area contributed by atoms with Crippen LogP contribution >= 0.6 is 0 Å². The van der Waals surface area contributed by atoms with Crippen molar-refractivity contribution in [2.45, 2.75) is 51.9 Å². The highest BCUT2D eigenvalue weighted by molar-refractivity contribution is 6.09. The van der Waals surface area contributed by atoms with E-state index in [0.29, 0.717) is 29.3 Å². The van der Waals surface area contributed by atoms with Crippen LogP contribution in [0.3, 0.4) is 0 Å². The van der Waals surface area contributed by atoms with Gasteiger partial charge in [0.2, 0.25) is 0 Å². The van der Waals surface area contributed by atoms with E-state index in [9.17, 15) is 9.59 Å². The number of alkyl carbamates (subject to hydrolysis) is 1. The zero-order valence-corrected chi connectivity index (χ0v) is 25.6. The van der Waals surface area contributed by atoms with Crippen molar-refractivity contribution in [1.29, 1.82) is 0 Å². The van der Waals surface area contributed by atoms with E-state index in [1.54, 1.807) is 18.6 Å². The summed E-state index contributed by atoms with van der Waals surface area (Å²) in [5, 5.41) is 14.8. The maximum Gasteiger partial charge on any atom is 0.408 e. The lowest BCUT2D eigenvalue weighted by atomic mass is 9.84. The third-order valence-electron chi connectivity index (χ3n) is 7.71. The largest absolute Gasteiger partial charge is 0.486 e. The Kier molecular flexibility index (Phi) is 8.61. The molecule has 1 atom stereocenters. The van der Waals surface area contributed by atoms with E-state index in [1.165, 1.54) is 10.7 Å². The van der Waals surface area contributed by atoms with Gasteiger partial charge in [-0.15, -0.1) is 0 Å². The third-order valence-corrected chi connectivity index (χ3v) is 7.71. The van der Waals surface area contributed by atoms with Gasteiger partial charge in [-0.3, -0.25) is 9.78 Å². The number of aromatic nitrogens is 4. The van der Waals surface area contributed by atoms with Crippen molar-refractivity contribution < 1.29 is 19.1 Å². The van der Waals surface area contributed by atoms with Gasteiger partial charge in [-0.2, -0.15) is 5.10 Å². The standard InChI is InChI=1S/C34H37N7O4/c1-34(2,3)45-33(43)40-30(23-11-14-35-15-12-23)26-17-28-24(10-7-13-36-28)16-29(26)39-32(42)27-19-38-41-20-25(18-37-31(27)41)44-21-22-8-5-4-6-9-22/h4-10,13,16-20,23,30,35H,11-12,14-15,21H2,1-3H3,(H,39,42)(H,40,43). The van der Waals surface area contributed by atoms with E-state index < -0.39 is 17.7 Å². The van der Waals surface area contributed by atoms with Gasteiger partial charge in [-0.25, -0.2) is 14.3 Å². The minimum absolute atomic E-state index is 0.114. The van der Waals surface area contributed by atoms with Crippen LogP contribution in [-0.4, -0.2) is 50.3 Å². The highest BCUT2D eigenvalue weighted by Crippen LogP contribution is 2.36. The summed E-state index contributed by atoms with van der Waals surface area (Å²) in [6, 6.07) is 17.0. The van der Waals surface area contributed by atoms with Gasteiger partial charge in [0.25, 0.3) is 5.91 Å². The number of anilines is 1. The highest BCUT2D eigenvalue weighted by Gasteiger charge is 2.31. The van der Waals surface area contributed by atoms with Crippen molar-refractivity contribution in [2.24, 2.45) is 5.92 Å². The van der Waals surface area contributed by atoms with Gasteiger partial charge in [0, 0.05) is 22.8 Å². The first-order valence-electron chi connectivity index (χ1n) is 15.1. The summed E-state index contributed by atoms with van der Waals surface area (Å²) in [4.78, 5) is 35.9. The summed E-state index contributed by atoms with van der Waals surface area (Å²) in [5.41, 5.74) is 3.16. The summed E-state index contributed by atoms with van der Waals surface area (Å²) >= 11 is 0. The molecule has 1 saturated heterocycles. The summed E-state index contributed by atoms with van der Waals surface area (Å²) in [6.45, 7) is 7.55. The van der Waals surface area contributed by atoms with Gasteiger partial charge < -0.3 is 25.4 Å². The topological polar surface area (TPSA) is 132 Å². The minimum Gasteiger partial charge on any atom is -0.486 e. The fraction of sp³-hybridized carbons (Fsp3) is 0.324. The molecule has 6 rings (SSSR count). The van der Waals surface area contributed by atoms with Crippen LogP contribution in [0.25, 0.3) is 16.6 Å². The second-order valence-corrected chi connectivity index (χ2v) is 12.2. The van der Waals surface area contributed by atoms with Crippen LogP contribution in [0.1, 0.15) is 61.1 Å². The molecule has 232 valence electrons. The maximum atomic E-state index is 13.8. The van der Waals surface area contributed by atoms with Crippen molar-refractivity contribution in [1.82, 2.24) is 30.2 Å². The first-order valence-corrected chi connectivity index (χ1v) is 15.1. The number of amides is 2. The summed E-state index contributed by atoms with van der Waals surface area (Å²) in [7, 11) is 0. The van der Waals surface area contributed by atoms with E-state index in [1.807, 2.05) is 75.4 Å². The Morgan fingerprint density at radius 2 is 1.84 bits per heavy atom. The highest BCUT2D eigenvalue weighted by atomic mass is 16.6. The molecule has 3 aromatic heterocycles. The number of hydrogen-bond donors (Lipinski definition) is 3. The smallest absolute Gasteiger partial charge is 0.408 e. The lowest BCUT2D eigenvalue weighted by Crippen LogP contribution is -2.41. The number of rotatable bonds is 8. The van der Waals surface area contributed by atoms with Crippen molar-refractivity contribution >= 4 is 34.2 Å².